The van der Waals surface area contributed by atoms with Gasteiger partial charge in [0, 0.05) is 6.20 Å². The van der Waals surface area contributed by atoms with E-state index in [0.717, 1.165) is 0 Å². The Balaban J connectivity index is 1.49. The van der Waals surface area contributed by atoms with Crippen molar-refractivity contribution < 1.29 is 23.1 Å². The quantitative estimate of drug-likeness (QED) is 0.770. The SMILES string of the molecule is Nc1ccn([C@@H]2CO[C@H](CO[PH](=O)Oc3ccccc3)O2)c(=O)n1. The fourth-order valence-electron chi connectivity index (χ4n) is 2.07. The summed E-state index contributed by atoms with van der Waals surface area (Å²) >= 11 is 0. The molecule has 0 aliphatic carbocycles. The summed E-state index contributed by atoms with van der Waals surface area (Å²) in [7, 11) is -2.73. The van der Waals surface area contributed by atoms with E-state index in [0.29, 0.717) is 5.75 Å². The van der Waals surface area contributed by atoms with Gasteiger partial charge in [-0.05, 0) is 18.2 Å². The van der Waals surface area contributed by atoms with Crippen LogP contribution in [0.1, 0.15) is 6.23 Å². The molecule has 0 amide bonds. The molecule has 1 aromatic carbocycles. The van der Waals surface area contributed by atoms with Gasteiger partial charge in [0.15, 0.2) is 12.5 Å². The highest BCUT2D eigenvalue weighted by molar-refractivity contribution is 7.33. The summed E-state index contributed by atoms with van der Waals surface area (Å²) in [4.78, 5) is 15.4. The first-order valence-electron chi connectivity index (χ1n) is 7.13. The summed E-state index contributed by atoms with van der Waals surface area (Å²) in [5, 5.41) is 0. The van der Waals surface area contributed by atoms with Crippen LogP contribution >= 0.6 is 8.25 Å². The molecule has 3 atom stereocenters. The van der Waals surface area contributed by atoms with Gasteiger partial charge in [-0.15, -0.1) is 0 Å². The maximum absolute atomic E-state index is 11.8. The molecule has 24 heavy (non-hydrogen) atoms. The lowest BCUT2D eigenvalue weighted by molar-refractivity contribution is -0.0939. The summed E-state index contributed by atoms with van der Waals surface area (Å²) in [5.41, 5.74) is 4.90. The third kappa shape index (κ3) is 4.21. The number of nitrogens with two attached hydrogens (primary N) is 1. The minimum Gasteiger partial charge on any atom is -0.426 e. The number of ether oxygens (including phenoxy) is 2. The van der Waals surface area contributed by atoms with Crippen molar-refractivity contribution in [1.82, 2.24) is 9.55 Å². The summed E-state index contributed by atoms with van der Waals surface area (Å²) in [6, 6.07) is 10.2. The number of aromatic nitrogens is 2. The minimum absolute atomic E-state index is 0.0850. The molecule has 0 radical (unpaired) electrons. The van der Waals surface area contributed by atoms with E-state index in [9.17, 15) is 9.36 Å². The van der Waals surface area contributed by atoms with Gasteiger partial charge in [-0.25, -0.2) is 9.36 Å². The number of hydrogen-bond acceptors (Lipinski definition) is 8. The number of benzene rings is 1. The zero-order valence-corrected chi connectivity index (χ0v) is 13.5. The molecule has 1 aromatic heterocycles. The van der Waals surface area contributed by atoms with Crippen LogP contribution in [0.25, 0.3) is 0 Å². The van der Waals surface area contributed by atoms with E-state index >= 15 is 0 Å². The van der Waals surface area contributed by atoms with E-state index in [1.165, 1.54) is 16.8 Å². The van der Waals surface area contributed by atoms with Crippen molar-refractivity contribution in [1.29, 1.82) is 0 Å². The average Bonchev–Trinajstić information content (AvgIpc) is 3.02. The van der Waals surface area contributed by atoms with Gasteiger partial charge in [0.05, 0.1) is 6.61 Å². The Labute approximate surface area is 137 Å². The fourth-order valence-corrected chi connectivity index (χ4v) is 2.73. The number of rotatable bonds is 6. The number of hydrogen-bond donors (Lipinski definition) is 1. The number of nitrogen functional groups attached to an aromatic ring is 1. The molecule has 1 aliphatic heterocycles. The first kappa shape index (κ1) is 16.7. The van der Waals surface area contributed by atoms with E-state index in [-0.39, 0.29) is 19.0 Å². The monoisotopic (exact) mass is 353 g/mol. The molecule has 0 saturated carbocycles. The van der Waals surface area contributed by atoms with Gasteiger partial charge in [-0.1, -0.05) is 18.2 Å². The van der Waals surface area contributed by atoms with Crippen molar-refractivity contribution >= 4 is 14.1 Å². The Morgan fingerprint density at radius 3 is 2.88 bits per heavy atom. The highest BCUT2D eigenvalue weighted by Crippen LogP contribution is 2.29. The molecule has 9 nitrogen and oxygen atoms in total. The van der Waals surface area contributed by atoms with Crippen molar-refractivity contribution in [2.75, 3.05) is 18.9 Å². The van der Waals surface area contributed by atoms with Gasteiger partial charge >= 0.3 is 13.9 Å². The second-order valence-corrected chi connectivity index (χ2v) is 5.86. The lowest BCUT2D eigenvalue weighted by Crippen LogP contribution is -2.28. The Morgan fingerprint density at radius 2 is 2.12 bits per heavy atom. The molecule has 3 rings (SSSR count). The number of anilines is 1. The van der Waals surface area contributed by atoms with Crippen molar-refractivity contribution in [3.05, 3.63) is 53.1 Å². The zero-order valence-electron chi connectivity index (χ0n) is 12.5. The molecule has 0 bridgehead atoms. The smallest absolute Gasteiger partial charge is 0.368 e. The maximum Gasteiger partial charge on any atom is 0.368 e. The molecule has 1 fully saturated rings. The predicted octanol–water partition coefficient (Wildman–Crippen LogP) is 1.18. The van der Waals surface area contributed by atoms with Gasteiger partial charge in [0.25, 0.3) is 0 Å². The summed E-state index contributed by atoms with van der Waals surface area (Å²) in [6.45, 7) is 0.0539. The van der Waals surface area contributed by atoms with Crippen LogP contribution in [0.2, 0.25) is 0 Å². The lowest BCUT2D eigenvalue weighted by Gasteiger charge is -2.13. The first-order valence-corrected chi connectivity index (χ1v) is 8.35. The first-order chi connectivity index (χ1) is 11.6. The van der Waals surface area contributed by atoms with Gasteiger partial charge in [-0.2, -0.15) is 4.98 Å². The average molecular weight is 353 g/mol. The maximum atomic E-state index is 11.8. The molecule has 0 spiro atoms. The standard InChI is InChI=1S/C14H16N3O6P/c15-11-6-7-17(14(18)16-11)12-8-20-13(22-12)9-21-24(19)23-10-4-2-1-3-5-10/h1-7,12-13,24H,8-9H2,(H2,15,16,18)/t12-,13-/m0/s1. The van der Waals surface area contributed by atoms with Crippen LogP contribution in [0.5, 0.6) is 5.75 Å². The van der Waals surface area contributed by atoms with E-state index in [4.69, 9.17) is 24.3 Å². The van der Waals surface area contributed by atoms with Crippen LogP contribution in [0, 0.1) is 0 Å². The van der Waals surface area contributed by atoms with Crippen molar-refractivity contribution in [3.8, 4) is 5.75 Å². The molecule has 10 heteroatoms. The summed E-state index contributed by atoms with van der Waals surface area (Å²) < 4.78 is 34.2. The molecular weight excluding hydrogens is 337 g/mol. The number of nitrogens with zero attached hydrogens (tertiary/aromatic N) is 2. The second kappa shape index (κ2) is 7.59. The topological polar surface area (TPSA) is 115 Å². The Morgan fingerprint density at radius 1 is 1.33 bits per heavy atom. The van der Waals surface area contributed by atoms with E-state index in [1.807, 2.05) is 6.07 Å². The molecule has 2 N–H and O–H groups in total. The third-order valence-electron chi connectivity index (χ3n) is 3.18. The van der Waals surface area contributed by atoms with Crippen molar-refractivity contribution in [2.45, 2.75) is 12.5 Å². The molecule has 2 aromatic rings. The van der Waals surface area contributed by atoms with E-state index in [1.54, 1.807) is 24.3 Å². The molecule has 1 unspecified atom stereocenters. The molecule has 1 saturated heterocycles. The lowest BCUT2D eigenvalue weighted by atomic mass is 10.3. The van der Waals surface area contributed by atoms with Crippen LogP contribution in [0.15, 0.2) is 47.4 Å². The highest BCUT2D eigenvalue weighted by Gasteiger charge is 2.29. The van der Waals surface area contributed by atoms with Gasteiger partial charge in [0.2, 0.25) is 0 Å². The van der Waals surface area contributed by atoms with E-state index < -0.39 is 26.5 Å². The van der Waals surface area contributed by atoms with Crippen molar-refractivity contribution in [2.24, 2.45) is 0 Å². The Kier molecular flexibility index (Phi) is 5.27. The highest BCUT2D eigenvalue weighted by atomic mass is 31.1. The predicted molar refractivity (Wildman–Crippen MR) is 84.8 cm³/mol. The molecule has 2 heterocycles. The molecular formula is C14H16N3O6P. The van der Waals surface area contributed by atoms with Crippen LogP contribution in [-0.2, 0) is 18.6 Å². The zero-order chi connectivity index (χ0) is 16.9. The normalized spacial score (nSPS) is 21.5. The summed E-state index contributed by atoms with van der Waals surface area (Å²) in [5.74, 6) is 0.582. The number of para-hydroxylation sites is 1. The minimum atomic E-state index is -2.73. The van der Waals surface area contributed by atoms with Gasteiger partial charge in [-0.3, -0.25) is 9.09 Å². The Bertz CT molecular complexity index is 769. The van der Waals surface area contributed by atoms with Crippen LogP contribution in [0.4, 0.5) is 5.82 Å². The van der Waals surface area contributed by atoms with Crippen LogP contribution in [-0.4, -0.2) is 29.1 Å². The van der Waals surface area contributed by atoms with Gasteiger partial charge in [0.1, 0.15) is 18.2 Å². The largest absolute Gasteiger partial charge is 0.426 e. The summed E-state index contributed by atoms with van der Waals surface area (Å²) in [6.07, 6.45) is 0.0767. The third-order valence-corrected chi connectivity index (χ3v) is 3.98. The van der Waals surface area contributed by atoms with Crippen LogP contribution < -0.4 is 15.9 Å². The molecule has 128 valence electrons. The molecule has 1 aliphatic rings. The Hall–Kier alpha value is -2.19. The van der Waals surface area contributed by atoms with E-state index in [2.05, 4.69) is 4.98 Å². The van der Waals surface area contributed by atoms with Crippen LogP contribution in [0.3, 0.4) is 0 Å². The van der Waals surface area contributed by atoms with Gasteiger partial charge < -0.3 is 19.7 Å². The second-order valence-electron chi connectivity index (χ2n) is 4.87. The fraction of sp³-hybridized carbons (Fsp3) is 0.286. The van der Waals surface area contributed by atoms with Crippen molar-refractivity contribution in [3.63, 3.8) is 0 Å².